The third-order valence-corrected chi connectivity index (χ3v) is 7.23. The van der Waals surface area contributed by atoms with E-state index in [-0.39, 0.29) is 5.91 Å². The van der Waals surface area contributed by atoms with Crippen molar-refractivity contribution in [3.8, 4) is 0 Å². The van der Waals surface area contributed by atoms with Crippen molar-refractivity contribution in [1.82, 2.24) is 20.0 Å². The Balaban J connectivity index is 2.52. The Labute approximate surface area is 251 Å². The minimum absolute atomic E-state index is 0.0897. The predicted molar refractivity (Wildman–Crippen MR) is 178 cm³/mol. The highest BCUT2D eigenvalue weighted by Gasteiger charge is 2.11. The highest BCUT2D eigenvalue weighted by atomic mass is 32.2. The van der Waals surface area contributed by atoms with Gasteiger partial charge < -0.3 is 15.1 Å². The number of unbranched alkanes of at least 4 members (excludes halogenated alkanes) is 1. The zero-order chi connectivity index (χ0) is 30.8. The van der Waals surface area contributed by atoms with E-state index in [1.165, 1.54) is 0 Å². The van der Waals surface area contributed by atoms with Crippen LogP contribution in [0.5, 0.6) is 0 Å². The second kappa shape index (κ2) is 19.2. The summed E-state index contributed by atoms with van der Waals surface area (Å²) >= 11 is 1.58. The van der Waals surface area contributed by atoms with Crippen molar-refractivity contribution in [2.24, 2.45) is 4.99 Å². The average molecular weight is 575 g/mol. The van der Waals surface area contributed by atoms with E-state index >= 15 is 0 Å². The van der Waals surface area contributed by atoms with Gasteiger partial charge in [0.25, 0.3) is 0 Å². The second-order valence-corrected chi connectivity index (χ2v) is 10.7. The van der Waals surface area contributed by atoms with Gasteiger partial charge in [0.05, 0.1) is 17.1 Å². The van der Waals surface area contributed by atoms with Crippen LogP contribution in [0.3, 0.4) is 0 Å². The summed E-state index contributed by atoms with van der Waals surface area (Å²) in [5.74, 6) is 0.383. The van der Waals surface area contributed by atoms with E-state index in [0.717, 1.165) is 63.9 Å². The molecule has 0 atom stereocenters. The van der Waals surface area contributed by atoms with Gasteiger partial charge in [-0.15, -0.1) is 5.10 Å². The van der Waals surface area contributed by atoms with E-state index in [9.17, 15) is 4.79 Å². The molecule has 0 aliphatic rings. The number of thioether (sulfide) groups is 1. The van der Waals surface area contributed by atoms with E-state index in [2.05, 4.69) is 59.5 Å². The van der Waals surface area contributed by atoms with Crippen molar-refractivity contribution in [1.29, 1.82) is 0 Å². The smallest absolute Gasteiger partial charge is 0.229 e. The standard InChI is InChI=1S/C33H46N6OS/c1-11-25(5)21-33(40)35-32-20-19-30(36-37-32)18-16-15-17-27(7)41-28(8)38(10)26(6)22-29(12-2)23-31(13-3)39(14-4)24-34-9/h11-14,19-20,23-24H,3-4,6-8,15-18,21-22H2,1-2,5,9-10H3,(H,35,37,40)/b25-11+,29-12-,31-23+,34-24?. The van der Waals surface area contributed by atoms with Crippen LogP contribution in [0.15, 0.2) is 113 Å². The van der Waals surface area contributed by atoms with Crippen LogP contribution in [-0.4, -0.2) is 46.3 Å². The summed E-state index contributed by atoms with van der Waals surface area (Å²) in [6.45, 7) is 26.4. The second-order valence-electron chi connectivity index (χ2n) is 9.41. The summed E-state index contributed by atoms with van der Waals surface area (Å²) in [6, 6.07) is 3.71. The maximum atomic E-state index is 12.0. The van der Waals surface area contributed by atoms with Crippen molar-refractivity contribution in [2.75, 3.05) is 19.4 Å². The number of aryl methyl sites for hydroxylation is 1. The van der Waals surface area contributed by atoms with Gasteiger partial charge in [-0.05, 0) is 81.2 Å². The molecule has 1 aromatic heterocycles. The van der Waals surface area contributed by atoms with Crippen LogP contribution in [0.2, 0.25) is 0 Å². The Kier molecular flexibility index (Phi) is 16.5. The lowest BCUT2D eigenvalue weighted by Crippen LogP contribution is -2.15. The lowest BCUT2D eigenvalue weighted by Gasteiger charge is -2.25. The summed E-state index contributed by atoms with van der Waals surface area (Å²) in [4.78, 5) is 20.9. The van der Waals surface area contributed by atoms with Gasteiger partial charge in [-0.2, -0.15) is 5.10 Å². The summed E-state index contributed by atoms with van der Waals surface area (Å²) in [6.07, 6.45) is 15.8. The molecule has 1 heterocycles. The first-order valence-electron chi connectivity index (χ1n) is 13.6. The number of anilines is 1. The van der Waals surface area contributed by atoms with Crippen LogP contribution in [0, 0.1) is 0 Å². The van der Waals surface area contributed by atoms with Crippen molar-refractivity contribution < 1.29 is 4.79 Å². The third kappa shape index (κ3) is 13.3. The number of allylic oxidation sites excluding steroid dienone is 6. The number of carbonyl (C=O) groups excluding carboxylic acids is 1. The van der Waals surface area contributed by atoms with Gasteiger partial charge in [0.15, 0.2) is 5.82 Å². The number of aromatic nitrogens is 2. The van der Waals surface area contributed by atoms with Gasteiger partial charge in [-0.3, -0.25) is 9.79 Å². The lowest BCUT2D eigenvalue weighted by atomic mass is 10.1. The van der Waals surface area contributed by atoms with Crippen molar-refractivity contribution in [3.63, 3.8) is 0 Å². The number of amides is 1. The molecular weight excluding hydrogens is 528 g/mol. The highest BCUT2D eigenvalue weighted by Crippen LogP contribution is 2.31. The molecule has 1 aromatic rings. The zero-order valence-corrected chi connectivity index (χ0v) is 26.3. The van der Waals surface area contributed by atoms with E-state index in [0.29, 0.717) is 18.7 Å². The molecule has 0 aliphatic heterocycles. The Hall–Kier alpha value is -3.91. The fourth-order valence-corrected chi connectivity index (χ4v) is 4.40. The molecule has 220 valence electrons. The Bertz CT molecular complexity index is 1210. The molecule has 0 unspecified atom stereocenters. The highest BCUT2D eigenvalue weighted by molar-refractivity contribution is 8.06. The normalized spacial score (nSPS) is 12.2. The van der Waals surface area contributed by atoms with Crippen LogP contribution in [0.4, 0.5) is 5.82 Å². The van der Waals surface area contributed by atoms with Crippen LogP contribution in [0.25, 0.3) is 0 Å². The monoisotopic (exact) mass is 574 g/mol. The SMILES string of the molecule is C=C/C(=C\C(=C/C)CC(=C)N(C)C(=C)SC(=C)CCCCc1ccc(NC(=O)C/C(C)=C/C)nn1)N(C=C)C=NC. The molecule has 41 heavy (non-hydrogen) atoms. The minimum atomic E-state index is -0.0897. The summed E-state index contributed by atoms with van der Waals surface area (Å²) in [5, 5.41) is 12.0. The number of nitrogens with one attached hydrogen (secondary N) is 1. The van der Waals surface area contributed by atoms with Crippen LogP contribution in [0.1, 0.15) is 58.6 Å². The molecule has 0 aromatic carbocycles. The molecule has 0 spiro atoms. The van der Waals surface area contributed by atoms with Crippen LogP contribution in [-0.2, 0) is 11.2 Å². The molecule has 7 nitrogen and oxygen atoms in total. The summed E-state index contributed by atoms with van der Waals surface area (Å²) in [5.41, 5.74) is 4.80. The topological polar surface area (TPSA) is 73.7 Å². The van der Waals surface area contributed by atoms with Gasteiger partial charge in [0.1, 0.15) is 0 Å². The fraction of sp³-hybridized carbons (Fsp3) is 0.333. The molecule has 1 amide bonds. The number of rotatable bonds is 19. The first kappa shape index (κ1) is 35.1. The van der Waals surface area contributed by atoms with Crippen molar-refractivity contribution >= 4 is 29.8 Å². The van der Waals surface area contributed by atoms with Gasteiger partial charge >= 0.3 is 0 Å². The fourth-order valence-electron chi connectivity index (χ4n) is 3.56. The van der Waals surface area contributed by atoms with E-state index in [1.807, 2.05) is 55.8 Å². The molecule has 0 saturated carbocycles. The number of hydrogen-bond donors (Lipinski definition) is 1. The molecule has 0 saturated heterocycles. The molecule has 0 fully saturated rings. The maximum absolute atomic E-state index is 12.0. The predicted octanol–water partition coefficient (Wildman–Crippen LogP) is 8.16. The Morgan fingerprint density at radius 2 is 1.83 bits per heavy atom. The molecule has 1 N–H and O–H groups in total. The number of nitrogens with zero attached hydrogens (tertiary/aromatic N) is 5. The van der Waals surface area contributed by atoms with Gasteiger partial charge in [-0.1, -0.05) is 62.4 Å². The molecule has 0 radical (unpaired) electrons. The summed E-state index contributed by atoms with van der Waals surface area (Å²) in [7, 11) is 3.69. The van der Waals surface area contributed by atoms with Crippen molar-refractivity contribution in [2.45, 2.75) is 59.3 Å². The molecule has 8 heteroatoms. The van der Waals surface area contributed by atoms with Crippen LogP contribution >= 0.6 is 11.8 Å². The molecule has 0 bridgehead atoms. The van der Waals surface area contributed by atoms with E-state index in [4.69, 9.17) is 0 Å². The minimum Gasteiger partial charge on any atom is -0.343 e. The Morgan fingerprint density at radius 1 is 1.10 bits per heavy atom. The van der Waals surface area contributed by atoms with Gasteiger partial charge in [-0.25, -0.2) is 0 Å². The van der Waals surface area contributed by atoms with E-state index < -0.39 is 0 Å². The molecule has 0 aliphatic carbocycles. The number of hydrogen-bond acceptors (Lipinski definition) is 6. The lowest BCUT2D eigenvalue weighted by molar-refractivity contribution is -0.115. The largest absolute Gasteiger partial charge is 0.343 e. The third-order valence-electron chi connectivity index (χ3n) is 6.22. The average Bonchev–Trinajstić information content (AvgIpc) is 2.96. The Morgan fingerprint density at radius 3 is 2.39 bits per heavy atom. The first-order valence-corrected chi connectivity index (χ1v) is 14.4. The van der Waals surface area contributed by atoms with Crippen molar-refractivity contribution in [3.05, 3.63) is 114 Å². The zero-order valence-electron chi connectivity index (χ0n) is 25.4. The van der Waals surface area contributed by atoms with Crippen LogP contribution < -0.4 is 5.32 Å². The maximum Gasteiger partial charge on any atom is 0.229 e. The molecule has 1 rings (SSSR count). The van der Waals surface area contributed by atoms with E-state index in [1.54, 1.807) is 43.5 Å². The number of carbonyl (C=O) groups is 1. The quantitative estimate of drug-likeness (QED) is 0.0591. The van der Waals surface area contributed by atoms with Gasteiger partial charge in [0.2, 0.25) is 5.91 Å². The molecular formula is C33H46N6OS. The number of aliphatic imine (C=N–C) groups is 1. The van der Waals surface area contributed by atoms with Gasteiger partial charge in [0, 0.05) is 44.5 Å². The summed E-state index contributed by atoms with van der Waals surface area (Å²) < 4.78 is 0. The first-order chi connectivity index (χ1) is 19.6.